The topological polar surface area (TPSA) is 61.9 Å². The van der Waals surface area contributed by atoms with Gasteiger partial charge in [0, 0.05) is 52.6 Å². The molecule has 0 aromatic heterocycles. The van der Waals surface area contributed by atoms with Gasteiger partial charge in [-0.1, -0.05) is 6.92 Å². The van der Waals surface area contributed by atoms with Crippen LogP contribution < -0.4 is 5.32 Å². The van der Waals surface area contributed by atoms with Crippen LogP contribution in [0.25, 0.3) is 0 Å². The molecule has 0 saturated carbocycles. The van der Waals surface area contributed by atoms with E-state index in [0.29, 0.717) is 26.1 Å². The summed E-state index contributed by atoms with van der Waals surface area (Å²) in [5, 5.41) is 2.79. The van der Waals surface area contributed by atoms with Crippen LogP contribution >= 0.6 is 0 Å². The minimum absolute atomic E-state index is 0.0247. The Labute approximate surface area is 115 Å². The Hall–Kier alpha value is -1.14. The number of nitrogens with zero attached hydrogens (tertiary/aromatic N) is 2. The molecular formula is C13H25N3O3. The van der Waals surface area contributed by atoms with Crippen LogP contribution in [0.5, 0.6) is 0 Å². The fourth-order valence-corrected chi connectivity index (χ4v) is 1.97. The third kappa shape index (κ3) is 6.54. The first kappa shape index (κ1) is 15.9. The summed E-state index contributed by atoms with van der Waals surface area (Å²) in [5.41, 5.74) is 0. The van der Waals surface area contributed by atoms with Crippen molar-refractivity contribution in [3.05, 3.63) is 0 Å². The minimum atomic E-state index is 0.0247. The number of hydrogen-bond acceptors (Lipinski definition) is 4. The lowest BCUT2D eigenvalue weighted by Crippen LogP contribution is -2.44. The maximum Gasteiger partial charge on any atom is 0.219 e. The number of morpholine rings is 1. The molecule has 1 fully saturated rings. The zero-order valence-electron chi connectivity index (χ0n) is 12.0. The third-order valence-corrected chi connectivity index (χ3v) is 3.26. The Kier molecular flexibility index (Phi) is 7.43. The molecule has 110 valence electrons. The fraction of sp³-hybridized carbons (Fsp3) is 0.846. The molecule has 0 aromatic carbocycles. The Morgan fingerprint density at radius 2 is 1.95 bits per heavy atom. The number of nitrogens with one attached hydrogen (secondary N) is 1. The van der Waals surface area contributed by atoms with Crippen molar-refractivity contribution in [3.8, 4) is 0 Å². The van der Waals surface area contributed by atoms with Crippen molar-refractivity contribution >= 4 is 11.8 Å². The van der Waals surface area contributed by atoms with E-state index in [4.69, 9.17) is 4.74 Å². The Bertz CT molecular complexity index is 291. The second-order valence-electron chi connectivity index (χ2n) is 4.66. The summed E-state index contributed by atoms with van der Waals surface area (Å²) in [7, 11) is 0. The van der Waals surface area contributed by atoms with Gasteiger partial charge in [0.05, 0.1) is 13.2 Å². The second-order valence-corrected chi connectivity index (χ2v) is 4.66. The van der Waals surface area contributed by atoms with Gasteiger partial charge in [0.1, 0.15) is 0 Å². The second kappa shape index (κ2) is 8.87. The van der Waals surface area contributed by atoms with Crippen LogP contribution in [0.2, 0.25) is 0 Å². The van der Waals surface area contributed by atoms with Crippen molar-refractivity contribution in [1.29, 1.82) is 0 Å². The molecule has 1 rings (SSSR count). The molecule has 0 radical (unpaired) electrons. The number of hydrogen-bond donors (Lipinski definition) is 1. The van der Waals surface area contributed by atoms with E-state index >= 15 is 0 Å². The van der Waals surface area contributed by atoms with Gasteiger partial charge in [-0.25, -0.2) is 0 Å². The molecule has 1 saturated heterocycles. The average molecular weight is 271 g/mol. The smallest absolute Gasteiger partial charge is 0.219 e. The number of rotatable bonds is 7. The predicted octanol–water partition coefficient (Wildman–Crippen LogP) is -0.307. The molecule has 0 aliphatic carbocycles. The third-order valence-electron chi connectivity index (χ3n) is 3.26. The zero-order chi connectivity index (χ0) is 14.1. The van der Waals surface area contributed by atoms with Crippen molar-refractivity contribution in [3.63, 3.8) is 0 Å². The van der Waals surface area contributed by atoms with Crippen LogP contribution in [-0.2, 0) is 14.3 Å². The van der Waals surface area contributed by atoms with Gasteiger partial charge in [0.15, 0.2) is 0 Å². The normalized spacial score (nSPS) is 16.1. The lowest BCUT2D eigenvalue weighted by atomic mass is 10.3. The molecule has 6 heteroatoms. The van der Waals surface area contributed by atoms with Gasteiger partial charge in [-0.3, -0.25) is 14.5 Å². The molecule has 1 N–H and O–H groups in total. The number of carbonyl (C=O) groups is 2. The fourth-order valence-electron chi connectivity index (χ4n) is 1.97. The summed E-state index contributed by atoms with van der Waals surface area (Å²) in [6.07, 6.45) is 0.480. The maximum absolute atomic E-state index is 11.5. The Balaban J connectivity index is 2.23. The highest BCUT2D eigenvalue weighted by Crippen LogP contribution is 1.98. The average Bonchev–Trinajstić information content (AvgIpc) is 2.43. The van der Waals surface area contributed by atoms with Gasteiger partial charge < -0.3 is 15.0 Å². The van der Waals surface area contributed by atoms with Crippen molar-refractivity contribution in [2.45, 2.75) is 20.3 Å². The van der Waals surface area contributed by atoms with Gasteiger partial charge in [0.2, 0.25) is 11.8 Å². The van der Waals surface area contributed by atoms with Crippen LogP contribution in [0.3, 0.4) is 0 Å². The monoisotopic (exact) mass is 271 g/mol. The van der Waals surface area contributed by atoms with Gasteiger partial charge in [-0.2, -0.15) is 0 Å². The van der Waals surface area contributed by atoms with Gasteiger partial charge in [-0.05, 0) is 0 Å². The molecule has 0 unspecified atom stereocenters. The van der Waals surface area contributed by atoms with Crippen molar-refractivity contribution in [2.75, 3.05) is 52.5 Å². The SMILES string of the molecule is CCC(=O)NCCN(CCN1CCOCC1)C(C)=O. The zero-order valence-corrected chi connectivity index (χ0v) is 12.0. The highest BCUT2D eigenvalue weighted by molar-refractivity contribution is 5.75. The van der Waals surface area contributed by atoms with E-state index in [1.807, 2.05) is 6.92 Å². The maximum atomic E-state index is 11.5. The molecular weight excluding hydrogens is 246 g/mol. The molecule has 1 aliphatic rings. The van der Waals surface area contributed by atoms with Crippen molar-refractivity contribution < 1.29 is 14.3 Å². The Morgan fingerprint density at radius 1 is 1.26 bits per heavy atom. The van der Waals surface area contributed by atoms with Crippen LogP contribution in [0.4, 0.5) is 0 Å². The molecule has 1 aliphatic heterocycles. The van der Waals surface area contributed by atoms with Crippen LogP contribution in [0.15, 0.2) is 0 Å². The first-order valence-electron chi connectivity index (χ1n) is 6.95. The lowest BCUT2D eigenvalue weighted by Gasteiger charge is -2.29. The molecule has 19 heavy (non-hydrogen) atoms. The standard InChI is InChI=1S/C13H25N3O3/c1-3-13(18)14-4-5-16(12(2)17)7-6-15-8-10-19-11-9-15/h3-11H2,1-2H3,(H,14,18). The number of ether oxygens (including phenoxy) is 1. The van der Waals surface area contributed by atoms with Crippen LogP contribution in [0, 0.1) is 0 Å². The van der Waals surface area contributed by atoms with E-state index in [0.717, 1.165) is 32.8 Å². The predicted molar refractivity (Wildman–Crippen MR) is 72.8 cm³/mol. The van der Waals surface area contributed by atoms with Crippen molar-refractivity contribution in [1.82, 2.24) is 15.1 Å². The summed E-state index contributed by atoms with van der Waals surface area (Å²) in [4.78, 5) is 26.7. The Morgan fingerprint density at radius 3 is 2.53 bits per heavy atom. The molecule has 0 atom stereocenters. The molecule has 0 aromatic rings. The van der Waals surface area contributed by atoms with E-state index in [1.54, 1.807) is 11.8 Å². The molecule has 6 nitrogen and oxygen atoms in total. The number of carbonyl (C=O) groups excluding carboxylic acids is 2. The highest BCUT2D eigenvalue weighted by atomic mass is 16.5. The van der Waals surface area contributed by atoms with Crippen molar-refractivity contribution in [2.24, 2.45) is 0 Å². The molecule has 2 amide bonds. The summed E-state index contributed by atoms with van der Waals surface area (Å²) < 4.78 is 5.29. The minimum Gasteiger partial charge on any atom is -0.379 e. The van der Waals surface area contributed by atoms with E-state index in [-0.39, 0.29) is 11.8 Å². The van der Waals surface area contributed by atoms with Gasteiger partial charge in [0.25, 0.3) is 0 Å². The van der Waals surface area contributed by atoms with Gasteiger partial charge in [-0.15, -0.1) is 0 Å². The largest absolute Gasteiger partial charge is 0.379 e. The molecule has 0 bridgehead atoms. The number of amides is 2. The van der Waals surface area contributed by atoms with E-state index in [2.05, 4.69) is 10.2 Å². The lowest BCUT2D eigenvalue weighted by molar-refractivity contribution is -0.129. The highest BCUT2D eigenvalue weighted by Gasteiger charge is 2.13. The summed E-state index contributed by atoms with van der Waals surface area (Å²) in [6, 6.07) is 0. The first-order chi connectivity index (χ1) is 9.13. The molecule has 1 heterocycles. The summed E-state index contributed by atoms with van der Waals surface area (Å²) >= 11 is 0. The van der Waals surface area contributed by atoms with E-state index < -0.39 is 0 Å². The summed E-state index contributed by atoms with van der Waals surface area (Å²) in [5.74, 6) is 0.0793. The van der Waals surface area contributed by atoms with E-state index in [9.17, 15) is 9.59 Å². The molecule has 0 spiro atoms. The summed E-state index contributed by atoms with van der Waals surface area (Å²) in [6.45, 7) is 9.45. The first-order valence-corrected chi connectivity index (χ1v) is 6.95. The van der Waals surface area contributed by atoms with Crippen LogP contribution in [0.1, 0.15) is 20.3 Å². The van der Waals surface area contributed by atoms with Gasteiger partial charge >= 0.3 is 0 Å². The van der Waals surface area contributed by atoms with Crippen LogP contribution in [-0.4, -0.2) is 74.1 Å². The van der Waals surface area contributed by atoms with E-state index in [1.165, 1.54) is 0 Å². The quantitative estimate of drug-likeness (QED) is 0.690.